The van der Waals surface area contributed by atoms with Crippen LogP contribution in [0.3, 0.4) is 0 Å². The van der Waals surface area contributed by atoms with E-state index in [2.05, 4.69) is 27.0 Å². The van der Waals surface area contributed by atoms with Crippen LogP contribution < -0.4 is 5.32 Å². The third-order valence-electron chi connectivity index (χ3n) is 5.50. The number of anilines is 1. The molecule has 2 aromatic carbocycles. The van der Waals surface area contributed by atoms with E-state index in [0.717, 1.165) is 34.0 Å². The van der Waals surface area contributed by atoms with E-state index < -0.39 is 0 Å². The Morgan fingerprint density at radius 3 is 2.70 bits per heavy atom. The van der Waals surface area contributed by atoms with Gasteiger partial charge in [-0.05, 0) is 54.4 Å². The first-order chi connectivity index (χ1) is 14.7. The smallest absolute Gasteiger partial charge is 0.272 e. The molecule has 1 amide bonds. The number of aryl methyl sites for hydroxylation is 3. The predicted octanol–water partition coefficient (Wildman–Crippen LogP) is 5.02. The predicted molar refractivity (Wildman–Crippen MR) is 121 cm³/mol. The number of pyridine rings is 1. The van der Waals surface area contributed by atoms with E-state index in [-0.39, 0.29) is 5.91 Å². The average molecular weight is 394 g/mol. The van der Waals surface area contributed by atoms with Crippen LogP contribution in [0.5, 0.6) is 0 Å². The fraction of sp³-hybridized carbons (Fsp3) is 0.120. The van der Waals surface area contributed by atoms with Crippen molar-refractivity contribution in [3.63, 3.8) is 0 Å². The summed E-state index contributed by atoms with van der Waals surface area (Å²) in [5, 5.41) is 5.13. The third-order valence-corrected chi connectivity index (χ3v) is 5.50. The van der Waals surface area contributed by atoms with Crippen LogP contribution in [0.15, 0.2) is 85.2 Å². The van der Waals surface area contributed by atoms with Crippen molar-refractivity contribution in [2.45, 2.75) is 13.0 Å². The molecule has 1 N–H and O–H groups in total. The molecule has 0 spiro atoms. The van der Waals surface area contributed by atoms with Crippen LogP contribution in [-0.4, -0.2) is 20.0 Å². The van der Waals surface area contributed by atoms with Gasteiger partial charge in [0, 0.05) is 48.0 Å². The zero-order valence-corrected chi connectivity index (χ0v) is 16.7. The second kappa shape index (κ2) is 7.52. The standard InChI is InChI=1S/C25H22N4O/c1-28-14-12-19-16-21(9-10-22(19)28)27-25(30)23-17-20-8-5-13-26-24(20)29(23)15-11-18-6-3-2-4-7-18/h2-10,12-14,16-17H,11,15H2,1H3,(H,27,30). The van der Waals surface area contributed by atoms with Crippen LogP contribution in [0, 0.1) is 0 Å². The van der Waals surface area contributed by atoms with Crippen molar-refractivity contribution in [2.75, 3.05) is 5.32 Å². The monoisotopic (exact) mass is 394 g/mol. The summed E-state index contributed by atoms with van der Waals surface area (Å²) in [6.07, 6.45) is 4.62. The van der Waals surface area contributed by atoms with Crippen molar-refractivity contribution in [3.05, 3.63) is 96.4 Å². The number of nitrogens with one attached hydrogen (secondary N) is 1. The number of benzene rings is 2. The zero-order valence-electron chi connectivity index (χ0n) is 16.7. The van der Waals surface area contributed by atoms with E-state index in [1.54, 1.807) is 6.20 Å². The summed E-state index contributed by atoms with van der Waals surface area (Å²) >= 11 is 0. The molecule has 3 heterocycles. The molecule has 5 aromatic rings. The molecular weight excluding hydrogens is 372 g/mol. The van der Waals surface area contributed by atoms with E-state index >= 15 is 0 Å². The lowest BCUT2D eigenvalue weighted by Gasteiger charge is -2.11. The minimum Gasteiger partial charge on any atom is -0.351 e. The molecule has 0 atom stereocenters. The summed E-state index contributed by atoms with van der Waals surface area (Å²) in [5.74, 6) is -0.128. The molecule has 148 valence electrons. The molecule has 0 radical (unpaired) electrons. The lowest BCUT2D eigenvalue weighted by atomic mass is 10.1. The summed E-state index contributed by atoms with van der Waals surface area (Å²) < 4.78 is 4.08. The van der Waals surface area contributed by atoms with Gasteiger partial charge >= 0.3 is 0 Å². The molecule has 0 unspecified atom stereocenters. The van der Waals surface area contributed by atoms with E-state index in [4.69, 9.17) is 0 Å². The van der Waals surface area contributed by atoms with Crippen LogP contribution in [0.4, 0.5) is 5.69 Å². The maximum Gasteiger partial charge on any atom is 0.272 e. The van der Waals surface area contributed by atoms with Crippen LogP contribution in [0.1, 0.15) is 16.1 Å². The highest BCUT2D eigenvalue weighted by atomic mass is 16.1. The topological polar surface area (TPSA) is 51.9 Å². The van der Waals surface area contributed by atoms with Crippen molar-refractivity contribution in [1.82, 2.24) is 14.1 Å². The van der Waals surface area contributed by atoms with Crippen LogP contribution >= 0.6 is 0 Å². The first-order valence-electron chi connectivity index (χ1n) is 10.0. The second-order valence-corrected chi connectivity index (χ2v) is 7.49. The van der Waals surface area contributed by atoms with Gasteiger partial charge in [-0.15, -0.1) is 0 Å². The highest BCUT2D eigenvalue weighted by Crippen LogP contribution is 2.23. The van der Waals surface area contributed by atoms with Crippen molar-refractivity contribution < 1.29 is 4.79 Å². The quantitative estimate of drug-likeness (QED) is 0.455. The molecule has 0 aliphatic rings. The van der Waals surface area contributed by atoms with Gasteiger partial charge in [0.1, 0.15) is 11.3 Å². The maximum atomic E-state index is 13.2. The Labute approximate surface area is 174 Å². The SMILES string of the molecule is Cn1ccc2cc(NC(=O)c3cc4cccnc4n3CCc3ccccc3)ccc21. The number of fused-ring (bicyclic) bond motifs is 2. The van der Waals surface area contributed by atoms with Gasteiger partial charge in [0.15, 0.2) is 0 Å². The van der Waals surface area contributed by atoms with Gasteiger partial charge < -0.3 is 14.5 Å². The fourth-order valence-corrected chi connectivity index (χ4v) is 3.94. The summed E-state index contributed by atoms with van der Waals surface area (Å²) in [6, 6.07) is 24.1. The fourth-order valence-electron chi connectivity index (χ4n) is 3.94. The summed E-state index contributed by atoms with van der Waals surface area (Å²) in [6.45, 7) is 0.686. The molecule has 3 aromatic heterocycles. The second-order valence-electron chi connectivity index (χ2n) is 7.49. The van der Waals surface area contributed by atoms with Crippen molar-refractivity contribution >= 4 is 33.5 Å². The Morgan fingerprint density at radius 2 is 1.83 bits per heavy atom. The number of amides is 1. The molecule has 0 aliphatic carbocycles. The number of hydrogen-bond acceptors (Lipinski definition) is 2. The first-order valence-corrected chi connectivity index (χ1v) is 10.0. The van der Waals surface area contributed by atoms with Crippen LogP contribution in [0.2, 0.25) is 0 Å². The lowest BCUT2D eigenvalue weighted by molar-refractivity contribution is 0.101. The molecule has 5 nitrogen and oxygen atoms in total. The Bertz CT molecular complexity index is 1350. The van der Waals surface area contributed by atoms with Crippen LogP contribution in [-0.2, 0) is 20.0 Å². The Kier molecular flexibility index (Phi) is 4.56. The highest BCUT2D eigenvalue weighted by molar-refractivity contribution is 6.06. The van der Waals surface area contributed by atoms with E-state index in [0.29, 0.717) is 12.2 Å². The largest absolute Gasteiger partial charge is 0.351 e. The molecule has 0 bridgehead atoms. The van der Waals surface area contributed by atoms with Crippen LogP contribution in [0.25, 0.3) is 21.9 Å². The molecule has 30 heavy (non-hydrogen) atoms. The van der Waals surface area contributed by atoms with Gasteiger partial charge in [0.05, 0.1) is 0 Å². The molecule has 0 fully saturated rings. The number of rotatable bonds is 5. The third kappa shape index (κ3) is 3.35. The zero-order chi connectivity index (χ0) is 20.5. The molecule has 5 heteroatoms. The number of nitrogens with zero attached hydrogens (tertiary/aromatic N) is 3. The Balaban J connectivity index is 1.46. The molecule has 0 saturated carbocycles. The number of aromatic nitrogens is 3. The van der Waals surface area contributed by atoms with E-state index in [1.807, 2.05) is 78.5 Å². The van der Waals surface area contributed by atoms with Gasteiger partial charge in [0.25, 0.3) is 5.91 Å². The van der Waals surface area contributed by atoms with Crippen molar-refractivity contribution in [3.8, 4) is 0 Å². The summed E-state index contributed by atoms with van der Waals surface area (Å²) in [4.78, 5) is 17.7. The summed E-state index contributed by atoms with van der Waals surface area (Å²) in [5.41, 5.74) is 4.60. The Hall–Kier alpha value is -3.86. The Morgan fingerprint density at radius 1 is 0.967 bits per heavy atom. The summed E-state index contributed by atoms with van der Waals surface area (Å²) in [7, 11) is 2.01. The van der Waals surface area contributed by atoms with Gasteiger partial charge in [-0.1, -0.05) is 30.3 Å². The molecule has 0 saturated heterocycles. The number of carbonyl (C=O) groups is 1. The van der Waals surface area contributed by atoms with Crippen molar-refractivity contribution in [1.29, 1.82) is 0 Å². The van der Waals surface area contributed by atoms with Crippen molar-refractivity contribution in [2.24, 2.45) is 7.05 Å². The average Bonchev–Trinajstić information content (AvgIpc) is 3.33. The lowest BCUT2D eigenvalue weighted by Crippen LogP contribution is -2.18. The highest BCUT2D eigenvalue weighted by Gasteiger charge is 2.17. The maximum absolute atomic E-state index is 13.2. The first kappa shape index (κ1) is 18.2. The molecule has 0 aliphatic heterocycles. The van der Waals surface area contributed by atoms with E-state index in [1.165, 1.54) is 5.56 Å². The van der Waals surface area contributed by atoms with E-state index in [9.17, 15) is 4.79 Å². The number of hydrogen-bond donors (Lipinski definition) is 1. The normalized spacial score (nSPS) is 11.2. The molecule has 5 rings (SSSR count). The van der Waals surface area contributed by atoms with Gasteiger partial charge in [-0.3, -0.25) is 4.79 Å². The number of carbonyl (C=O) groups excluding carboxylic acids is 1. The molecular formula is C25H22N4O. The van der Waals surface area contributed by atoms with Gasteiger partial charge in [0.2, 0.25) is 0 Å². The van der Waals surface area contributed by atoms with Gasteiger partial charge in [-0.2, -0.15) is 0 Å². The minimum absolute atomic E-state index is 0.128. The van der Waals surface area contributed by atoms with Gasteiger partial charge in [-0.25, -0.2) is 4.98 Å². The minimum atomic E-state index is -0.128.